The lowest BCUT2D eigenvalue weighted by molar-refractivity contribution is -0.173. The molecule has 1 amide bonds. The molecule has 0 saturated heterocycles. The number of carbonyl (C=O) groups is 1. The van der Waals surface area contributed by atoms with E-state index in [2.05, 4.69) is 15.4 Å². The van der Waals surface area contributed by atoms with E-state index in [-0.39, 0.29) is 28.2 Å². The first kappa shape index (κ1) is 24.5. The lowest BCUT2D eigenvalue weighted by Gasteiger charge is -2.33. The zero-order valence-electron chi connectivity index (χ0n) is 18.7. The fourth-order valence-electron chi connectivity index (χ4n) is 3.65. The highest BCUT2D eigenvalue weighted by Gasteiger charge is 2.50. The maximum atomic E-state index is 14.9. The number of hydrogen-bond acceptors (Lipinski definition) is 5. The molecule has 0 aliphatic heterocycles. The number of alkyl halides is 2. The van der Waals surface area contributed by atoms with Crippen LogP contribution < -0.4 is 11.1 Å². The maximum absolute atomic E-state index is 14.9. The maximum Gasteiger partial charge on any atom is 0.296 e. The minimum absolute atomic E-state index is 0.00388. The zero-order chi connectivity index (χ0) is 25.5. The average molecular weight is 504 g/mol. The third kappa shape index (κ3) is 4.67. The second-order valence-electron chi connectivity index (χ2n) is 8.30. The number of amides is 1. The zero-order valence-corrected chi connectivity index (χ0v) is 19.4. The first-order valence-electron chi connectivity index (χ1n) is 10.5. The lowest BCUT2D eigenvalue weighted by Crippen LogP contribution is -2.50. The SMILES string of the molecule is Cc1cc(F)c(-c2ccn3nc(N)nc3c2)cc1C(=O)NCC(F)(F)[C@](C)(O)c1ccc(Cl)cc1. The molecule has 182 valence electrons. The number of fused-ring (bicyclic) bond motifs is 1. The van der Waals surface area contributed by atoms with E-state index in [0.29, 0.717) is 16.2 Å². The Labute approximate surface area is 203 Å². The van der Waals surface area contributed by atoms with E-state index in [0.717, 1.165) is 13.0 Å². The molecule has 0 saturated carbocycles. The van der Waals surface area contributed by atoms with Crippen molar-refractivity contribution < 1.29 is 23.1 Å². The first-order valence-corrected chi connectivity index (χ1v) is 10.8. The van der Waals surface area contributed by atoms with Crippen molar-refractivity contribution in [3.05, 3.63) is 82.3 Å². The van der Waals surface area contributed by atoms with Crippen molar-refractivity contribution in [2.24, 2.45) is 0 Å². The van der Waals surface area contributed by atoms with Gasteiger partial charge < -0.3 is 16.2 Å². The number of benzene rings is 2. The van der Waals surface area contributed by atoms with Crippen LogP contribution in [0.1, 0.15) is 28.4 Å². The molecular weight excluding hydrogens is 483 g/mol. The fraction of sp³-hybridized carbons (Fsp3) is 0.208. The molecule has 4 N–H and O–H groups in total. The van der Waals surface area contributed by atoms with Crippen molar-refractivity contribution in [3.63, 3.8) is 0 Å². The molecule has 0 aliphatic rings. The summed E-state index contributed by atoms with van der Waals surface area (Å²) in [5, 5.41) is 17.0. The van der Waals surface area contributed by atoms with Gasteiger partial charge in [-0.15, -0.1) is 5.10 Å². The van der Waals surface area contributed by atoms with Gasteiger partial charge in [0.1, 0.15) is 5.82 Å². The normalized spacial score (nSPS) is 13.6. The van der Waals surface area contributed by atoms with Gasteiger partial charge in [-0.25, -0.2) is 17.7 Å². The summed E-state index contributed by atoms with van der Waals surface area (Å²) in [7, 11) is 0. The van der Waals surface area contributed by atoms with Crippen molar-refractivity contribution in [1.29, 1.82) is 0 Å². The summed E-state index contributed by atoms with van der Waals surface area (Å²) in [6.07, 6.45) is 1.53. The Morgan fingerprint density at radius 2 is 1.89 bits per heavy atom. The molecule has 35 heavy (non-hydrogen) atoms. The number of rotatable bonds is 6. The second-order valence-corrected chi connectivity index (χ2v) is 8.74. The lowest BCUT2D eigenvalue weighted by atomic mass is 9.89. The predicted molar refractivity (Wildman–Crippen MR) is 126 cm³/mol. The van der Waals surface area contributed by atoms with E-state index in [4.69, 9.17) is 17.3 Å². The van der Waals surface area contributed by atoms with Crippen molar-refractivity contribution >= 4 is 29.1 Å². The van der Waals surface area contributed by atoms with Crippen molar-refractivity contribution in [2.75, 3.05) is 12.3 Å². The van der Waals surface area contributed by atoms with E-state index in [1.54, 1.807) is 6.07 Å². The van der Waals surface area contributed by atoms with Crippen LogP contribution in [0.2, 0.25) is 5.02 Å². The van der Waals surface area contributed by atoms with Gasteiger partial charge >= 0.3 is 0 Å². The van der Waals surface area contributed by atoms with Gasteiger partial charge in [0.15, 0.2) is 11.2 Å². The number of pyridine rings is 1. The molecule has 1 atom stereocenters. The number of aromatic nitrogens is 3. The number of nitrogens with one attached hydrogen (secondary N) is 1. The van der Waals surface area contributed by atoms with Crippen LogP contribution in [0.4, 0.5) is 19.1 Å². The van der Waals surface area contributed by atoms with Crippen LogP contribution in [-0.2, 0) is 5.60 Å². The Balaban J connectivity index is 1.59. The highest BCUT2D eigenvalue weighted by Crippen LogP contribution is 2.37. The molecule has 0 aliphatic carbocycles. The van der Waals surface area contributed by atoms with Gasteiger partial charge in [0.2, 0.25) is 5.95 Å². The molecule has 0 bridgehead atoms. The number of anilines is 1. The van der Waals surface area contributed by atoms with Gasteiger partial charge in [-0.1, -0.05) is 23.7 Å². The van der Waals surface area contributed by atoms with Gasteiger partial charge in [0.05, 0.1) is 6.54 Å². The molecule has 0 radical (unpaired) electrons. The number of nitrogens with zero attached hydrogens (tertiary/aromatic N) is 3. The predicted octanol–water partition coefficient (Wildman–Crippen LogP) is 4.35. The van der Waals surface area contributed by atoms with Crippen LogP contribution in [0.3, 0.4) is 0 Å². The summed E-state index contributed by atoms with van der Waals surface area (Å²) in [5.41, 5.74) is 4.03. The van der Waals surface area contributed by atoms with E-state index >= 15 is 0 Å². The number of nitrogen functional groups attached to an aromatic ring is 1. The average Bonchev–Trinajstić information content (AvgIpc) is 3.17. The molecule has 0 spiro atoms. The Morgan fingerprint density at radius 1 is 1.20 bits per heavy atom. The topological polar surface area (TPSA) is 106 Å². The summed E-state index contributed by atoms with van der Waals surface area (Å²) in [6, 6.07) is 10.9. The fourth-order valence-corrected chi connectivity index (χ4v) is 3.78. The number of nitrogens with two attached hydrogens (primary N) is 1. The van der Waals surface area contributed by atoms with Crippen molar-refractivity contribution in [2.45, 2.75) is 25.4 Å². The molecule has 11 heteroatoms. The monoisotopic (exact) mass is 503 g/mol. The minimum atomic E-state index is -3.73. The summed E-state index contributed by atoms with van der Waals surface area (Å²) < 4.78 is 46.1. The molecule has 4 aromatic rings. The Bertz CT molecular complexity index is 1420. The number of aryl methyl sites for hydroxylation is 1. The van der Waals surface area contributed by atoms with Crippen LogP contribution in [0.5, 0.6) is 0 Å². The number of carbonyl (C=O) groups excluding carboxylic acids is 1. The molecule has 2 aromatic carbocycles. The van der Waals surface area contributed by atoms with Crippen LogP contribution >= 0.6 is 11.6 Å². The van der Waals surface area contributed by atoms with E-state index < -0.39 is 29.8 Å². The van der Waals surface area contributed by atoms with Gasteiger partial charge in [0, 0.05) is 22.3 Å². The largest absolute Gasteiger partial charge is 0.379 e. The molecule has 4 rings (SSSR count). The second kappa shape index (κ2) is 8.86. The van der Waals surface area contributed by atoms with Gasteiger partial charge in [-0.2, -0.15) is 4.98 Å². The summed E-state index contributed by atoms with van der Waals surface area (Å²) >= 11 is 5.79. The minimum Gasteiger partial charge on any atom is -0.379 e. The van der Waals surface area contributed by atoms with Crippen LogP contribution in [0, 0.1) is 12.7 Å². The molecule has 0 fully saturated rings. The summed E-state index contributed by atoms with van der Waals surface area (Å²) in [5.74, 6) is -5.14. The first-order chi connectivity index (χ1) is 16.4. The van der Waals surface area contributed by atoms with Crippen molar-refractivity contribution in [1.82, 2.24) is 19.9 Å². The third-order valence-electron chi connectivity index (χ3n) is 5.81. The van der Waals surface area contributed by atoms with E-state index in [1.807, 2.05) is 0 Å². The molecule has 2 heterocycles. The molecule has 2 aromatic heterocycles. The summed E-state index contributed by atoms with van der Waals surface area (Å²) in [6.45, 7) is 1.29. The quantitative estimate of drug-likeness (QED) is 0.363. The molecule has 7 nitrogen and oxygen atoms in total. The van der Waals surface area contributed by atoms with Crippen molar-refractivity contribution in [3.8, 4) is 11.1 Å². The number of aliphatic hydroxyl groups is 1. The van der Waals surface area contributed by atoms with E-state index in [9.17, 15) is 23.1 Å². The summed E-state index contributed by atoms with van der Waals surface area (Å²) in [4.78, 5) is 16.8. The third-order valence-corrected chi connectivity index (χ3v) is 6.07. The highest BCUT2D eigenvalue weighted by molar-refractivity contribution is 6.30. The number of hydrogen-bond donors (Lipinski definition) is 3. The van der Waals surface area contributed by atoms with Gasteiger partial charge in [-0.05, 0) is 66.9 Å². The molecular formula is C24H21ClF3N5O2. The smallest absolute Gasteiger partial charge is 0.296 e. The van der Waals surface area contributed by atoms with Crippen LogP contribution in [0.25, 0.3) is 16.8 Å². The van der Waals surface area contributed by atoms with E-state index in [1.165, 1.54) is 54.0 Å². The Hall–Kier alpha value is -3.63. The Morgan fingerprint density at radius 3 is 2.57 bits per heavy atom. The van der Waals surface area contributed by atoms with Crippen LogP contribution in [-0.4, -0.2) is 38.1 Å². The number of halogens is 4. The van der Waals surface area contributed by atoms with Crippen LogP contribution in [0.15, 0.2) is 54.7 Å². The standard InChI is InChI=1S/C24H21ClF3N5O2/c1-13-9-19(26)18(14-7-8-33-20(10-14)31-22(29)32-33)11-17(13)21(34)30-12-24(27,28)23(2,35)15-3-5-16(25)6-4-15/h3-11,35H,12H2,1-2H3,(H2,29,32)(H,30,34)/t23-/m1/s1. The Kier molecular flexibility index (Phi) is 6.20. The van der Waals surface area contributed by atoms with Gasteiger partial charge in [0.25, 0.3) is 11.8 Å². The molecule has 0 unspecified atom stereocenters. The van der Waals surface area contributed by atoms with Gasteiger partial charge in [-0.3, -0.25) is 4.79 Å². The highest BCUT2D eigenvalue weighted by atomic mass is 35.5.